The Bertz CT molecular complexity index is 365. The highest BCUT2D eigenvalue weighted by Crippen LogP contribution is 2.27. The number of aliphatic hydroxyl groups excluding tert-OH is 1. The number of aliphatic hydroxyl groups is 1. The molecule has 0 radical (unpaired) electrons. The van der Waals surface area contributed by atoms with Crippen molar-refractivity contribution in [3.05, 3.63) is 28.8 Å². The molecule has 0 aliphatic rings. The number of benzene rings is 1. The molecule has 1 atom stereocenters. The maximum atomic E-state index is 9.45. The second-order valence-electron chi connectivity index (χ2n) is 4.24. The summed E-state index contributed by atoms with van der Waals surface area (Å²) in [6.07, 6.45) is -0.507. The molecule has 0 fully saturated rings. The van der Waals surface area contributed by atoms with Crippen LogP contribution in [0.1, 0.15) is 32.4 Å². The lowest BCUT2D eigenvalue weighted by molar-refractivity contribution is 0.199. The average Bonchev–Trinajstić information content (AvgIpc) is 2.36. The normalized spacial score (nSPS) is 12.8. The molecular weight excluding hydrogens is 250 g/mol. The first-order valence-electron chi connectivity index (χ1n) is 6.41. The highest BCUT2D eigenvalue weighted by Gasteiger charge is 2.07. The lowest BCUT2D eigenvalue weighted by Crippen LogP contribution is -2.27. The van der Waals surface area contributed by atoms with Crippen molar-refractivity contribution < 1.29 is 9.84 Å². The third kappa shape index (κ3) is 4.48. The minimum absolute atomic E-state index is 0.507. The van der Waals surface area contributed by atoms with Crippen molar-refractivity contribution in [1.29, 1.82) is 0 Å². The third-order valence-electron chi connectivity index (χ3n) is 3.00. The Morgan fingerprint density at radius 1 is 1.33 bits per heavy atom. The number of hydrogen-bond acceptors (Lipinski definition) is 3. The van der Waals surface area contributed by atoms with Gasteiger partial charge in [0.2, 0.25) is 0 Å². The third-order valence-corrected chi connectivity index (χ3v) is 3.29. The first kappa shape index (κ1) is 15.3. The van der Waals surface area contributed by atoms with Crippen molar-refractivity contribution in [2.24, 2.45) is 0 Å². The lowest BCUT2D eigenvalue weighted by Gasteiger charge is -2.18. The molecule has 0 aliphatic carbocycles. The summed E-state index contributed by atoms with van der Waals surface area (Å²) in [5, 5.41) is 9.99. The van der Waals surface area contributed by atoms with E-state index < -0.39 is 6.10 Å². The van der Waals surface area contributed by atoms with E-state index in [0.29, 0.717) is 17.4 Å². The van der Waals surface area contributed by atoms with Crippen molar-refractivity contribution in [2.75, 3.05) is 26.2 Å². The molecule has 3 nitrogen and oxygen atoms in total. The summed E-state index contributed by atoms with van der Waals surface area (Å²) in [5.74, 6) is 0.674. The van der Waals surface area contributed by atoms with Crippen LogP contribution in [0.5, 0.6) is 5.75 Å². The molecule has 1 aromatic rings. The van der Waals surface area contributed by atoms with E-state index in [9.17, 15) is 5.11 Å². The Labute approximate surface area is 114 Å². The van der Waals surface area contributed by atoms with Crippen molar-refractivity contribution in [2.45, 2.75) is 26.9 Å². The monoisotopic (exact) mass is 271 g/mol. The molecule has 0 amide bonds. The standard InChI is InChI=1S/C14H22ClNO2/c1-4-16(5-2)8-9-18-14-7-6-12(11(3)17)10-13(14)15/h6-7,10-11,17H,4-5,8-9H2,1-3H3/t11-/m0/s1. The number of nitrogens with zero attached hydrogens (tertiary/aromatic N) is 1. The van der Waals surface area contributed by atoms with Gasteiger partial charge < -0.3 is 14.7 Å². The predicted molar refractivity (Wildman–Crippen MR) is 75.4 cm³/mol. The molecular formula is C14H22ClNO2. The van der Waals surface area contributed by atoms with Gasteiger partial charge in [0.05, 0.1) is 11.1 Å². The van der Waals surface area contributed by atoms with Crippen LogP contribution in [0.25, 0.3) is 0 Å². The largest absolute Gasteiger partial charge is 0.491 e. The fourth-order valence-electron chi connectivity index (χ4n) is 1.72. The zero-order chi connectivity index (χ0) is 13.5. The number of hydrogen-bond donors (Lipinski definition) is 1. The van der Waals surface area contributed by atoms with Crippen LogP contribution < -0.4 is 4.74 Å². The SMILES string of the molecule is CCN(CC)CCOc1ccc([C@H](C)O)cc1Cl. The Morgan fingerprint density at radius 3 is 2.50 bits per heavy atom. The van der Waals surface area contributed by atoms with Crippen LogP contribution in [0.15, 0.2) is 18.2 Å². The van der Waals surface area contributed by atoms with Gasteiger partial charge in [-0.3, -0.25) is 0 Å². The molecule has 0 saturated carbocycles. The molecule has 0 bridgehead atoms. The fourth-order valence-corrected chi connectivity index (χ4v) is 1.96. The van der Waals surface area contributed by atoms with Gasteiger partial charge in [-0.2, -0.15) is 0 Å². The van der Waals surface area contributed by atoms with Crippen LogP contribution in [-0.2, 0) is 0 Å². The molecule has 0 aliphatic heterocycles. The second-order valence-corrected chi connectivity index (χ2v) is 4.65. The van der Waals surface area contributed by atoms with Crippen LogP contribution in [0, 0.1) is 0 Å². The van der Waals surface area contributed by atoms with Gasteiger partial charge in [0.15, 0.2) is 0 Å². The Morgan fingerprint density at radius 2 is 2.00 bits per heavy atom. The van der Waals surface area contributed by atoms with Crippen LogP contribution in [0.3, 0.4) is 0 Å². The minimum atomic E-state index is -0.507. The first-order valence-corrected chi connectivity index (χ1v) is 6.78. The molecule has 102 valence electrons. The smallest absolute Gasteiger partial charge is 0.137 e. The molecule has 18 heavy (non-hydrogen) atoms. The fraction of sp³-hybridized carbons (Fsp3) is 0.571. The molecule has 0 spiro atoms. The Hall–Kier alpha value is -0.770. The van der Waals surface area contributed by atoms with Gasteiger partial charge in [0, 0.05) is 6.54 Å². The van der Waals surface area contributed by atoms with Crippen molar-refractivity contribution >= 4 is 11.6 Å². The van der Waals surface area contributed by atoms with Gasteiger partial charge in [0.1, 0.15) is 12.4 Å². The zero-order valence-electron chi connectivity index (χ0n) is 11.3. The van der Waals surface area contributed by atoms with E-state index >= 15 is 0 Å². The van der Waals surface area contributed by atoms with Crippen molar-refractivity contribution in [3.63, 3.8) is 0 Å². The van der Waals surface area contributed by atoms with Gasteiger partial charge in [0.25, 0.3) is 0 Å². The van der Waals surface area contributed by atoms with Crippen LogP contribution in [0.4, 0.5) is 0 Å². The summed E-state index contributed by atoms with van der Waals surface area (Å²) in [6.45, 7) is 9.54. The summed E-state index contributed by atoms with van der Waals surface area (Å²) in [7, 11) is 0. The number of ether oxygens (including phenoxy) is 1. The molecule has 0 heterocycles. The summed E-state index contributed by atoms with van der Waals surface area (Å²) in [4.78, 5) is 2.29. The highest BCUT2D eigenvalue weighted by molar-refractivity contribution is 6.32. The van der Waals surface area contributed by atoms with Gasteiger partial charge in [-0.15, -0.1) is 0 Å². The predicted octanol–water partition coefficient (Wildman–Crippen LogP) is 3.11. The first-order chi connectivity index (χ1) is 8.58. The minimum Gasteiger partial charge on any atom is -0.491 e. The van der Waals surface area contributed by atoms with Gasteiger partial charge in [-0.1, -0.05) is 31.5 Å². The van der Waals surface area contributed by atoms with E-state index in [1.165, 1.54) is 0 Å². The maximum Gasteiger partial charge on any atom is 0.137 e. The van der Waals surface area contributed by atoms with E-state index in [-0.39, 0.29) is 0 Å². The lowest BCUT2D eigenvalue weighted by atomic mass is 10.1. The molecule has 1 rings (SSSR count). The summed E-state index contributed by atoms with van der Waals surface area (Å²) in [5.41, 5.74) is 0.802. The van der Waals surface area contributed by atoms with E-state index in [1.807, 2.05) is 12.1 Å². The maximum absolute atomic E-state index is 9.45. The molecule has 1 N–H and O–H groups in total. The summed E-state index contributed by atoms with van der Waals surface area (Å²) in [6, 6.07) is 5.40. The summed E-state index contributed by atoms with van der Waals surface area (Å²) < 4.78 is 5.65. The van der Waals surface area contributed by atoms with Crippen molar-refractivity contribution in [1.82, 2.24) is 4.90 Å². The van der Waals surface area contributed by atoms with E-state index in [1.54, 1.807) is 13.0 Å². The van der Waals surface area contributed by atoms with E-state index in [0.717, 1.165) is 25.2 Å². The Kier molecular flexibility index (Phi) is 6.47. The topological polar surface area (TPSA) is 32.7 Å². The molecule has 1 aromatic carbocycles. The highest BCUT2D eigenvalue weighted by atomic mass is 35.5. The molecule has 0 unspecified atom stereocenters. The van der Waals surface area contributed by atoms with Crippen LogP contribution in [-0.4, -0.2) is 36.2 Å². The molecule has 0 saturated heterocycles. The van der Waals surface area contributed by atoms with Crippen molar-refractivity contribution in [3.8, 4) is 5.75 Å². The van der Waals surface area contributed by atoms with Gasteiger partial charge in [-0.25, -0.2) is 0 Å². The second kappa shape index (κ2) is 7.62. The molecule has 4 heteroatoms. The van der Waals surface area contributed by atoms with Crippen LogP contribution >= 0.6 is 11.6 Å². The van der Waals surface area contributed by atoms with E-state index in [2.05, 4.69) is 18.7 Å². The van der Waals surface area contributed by atoms with E-state index in [4.69, 9.17) is 16.3 Å². The van der Waals surface area contributed by atoms with Crippen LogP contribution in [0.2, 0.25) is 5.02 Å². The zero-order valence-corrected chi connectivity index (χ0v) is 12.1. The number of likely N-dealkylation sites (N-methyl/N-ethyl adjacent to an activating group) is 1. The number of halogens is 1. The quantitative estimate of drug-likeness (QED) is 0.827. The van der Waals surface area contributed by atoms with Gasteiger partial charge in [-0.05, 0) is 37.7 Å². The van der Waals surface area contributed by atoms with Gasteiger partial charge >= 0.3 is 0 Å². The molecule has 0 aromatic heterocycles. The number of rotatable bonds is 7. The Balaban J connectivity index is 2.53. The summed E-state index contributed by atoms with van der Waals surface area (Å²) >= 11 is 6.11. The average molecular weight is 272 g/mol.